The van der Waals surface area contributed by atoms with Gasteiger partial charge in [-0.2, -0.15) is 8.78 Å². The monoisotopic (exact) mass is 324 g/mol. The largest absolute Gasteiger partial charge is 0.435 e. The average Bonchev–Trinajstić information content (AvgIpc) is 2.55. The van der Waals surface area contributed by atoms with E-state index in [1.165, 1.54) is 6.42 Å². The molecular weight excluding hydrogens is 298 g/mol. The zero-order valence-electron chi connectivity index (χ0n) is 13.7. The first-order valence-corrected chi connectivity index (χ1v) is 8.52. The minimum absolute atomic E-state index is 0.196. The molecule has 0 atom stereocenters. The van der Waals surface area contributed by atoms with E-state index in [1.807, 2.05) is 0 Å². The predicted octanol–water partition coefficient (Wildman–Crippen LogP) is 5.68. The highest BCUT2D eigenvalue weighted by molar-refractivity contribution is 5.50. The highest BCUT2D eigenvalue weighted by Gasteiger charge is 2.19. The van der Waals surface area contributed by atoms with Crippen molar-refractivity contribution in [1.29, 1.82) is 0 Å². The standard InChI is InChI=1S/C19H26F2O2/c1-2-3-14-22-17-10-6-15(7-11-17)4-5-16-8-12-18(13-9-16)23-19(20)21/h4-5,8-9,12-13,15,17,19H,2-3,6-7,10-11,14H2,1H3. The zero-order chi connectivity index (χ0) is 16.5. The van der Waals surface area contributed by atoms with Crippen molar-refractivity contribution in [3.8, 4) is 5.75 Å². The number of halogens is 2. The summed E-state index contributed by atoms with van der Waals surface area (Å²) < 4.78 is 34.4. The van der Waals surface area contributed by atoms with Crippen LogP contribution in [0.25, 0.3) is 6.08 Å². The quantitative estimate of drug-likeness (QED) is 0.573. The molecular formula is C19H26F2O2. The lowest BCUT2D eigenvalue weighted by atomic mass is 9.87. The van der Waals surface area contributed by atoms with E-state index < -0.39 is 6.61 Å². The van der Waals surface area contributed by atoms with E-state index in [0.717, 1.165) is 44.3 Å². The molecule has 1 aliphatic carbocycles. The lowest BCUT2D eigenvalue weighted by Gasteiger charge is -2.26. The van der Waals surface area contributed by atoms with Crippen LogP contribution in [0.1, 0.15) is 51.0 Å². The van der Waals surface area contributed by atoms with Crippen LogP contribution >= 0.6 is 0 Å². The molecule has 0 radical (unpaired) electrons. The normalized spacial score (nSPS) is 21.9. The first-order valence-electron chi connectivity index (χ1n) is 8.52. The maximum absolute atomic E-state index is 12.1. The first-order chi connectivity index (χ1) is 11.2. The summed E-state index contributed by atoms with van der Waals surface area (Å²) in [5.41, 5.74) is 1.01. The molecule has 1 aliphatic rings. The van der Waals surface area contributed by atoms with E-state index in [0.29, 0.717) is 12.0 Å². The van der Waals surface area contributed by atoms with Crippen LogP contribution in [0.4, 0.5) is 8.78 Å². The fraction of sp³-hybridized carbons (Fsp3) is 0.579. The number of hydrogen-bond acceptors (Lipinski definition) is 2. The molecule has 0 spiro atoms. The number of hydrogen-bond donors (Lipinski definition) is 0. The molecule has 0 heterocycles. The summed E-state index contributed by atoms with van der Waals surface area (Å²) in [7, 11) is 0. The Balaban J connectivity index is 1.74. The zero-order valence-corrected chi connectivity index (χ0v) is 13.7. The van der Waals surface area contributed by atoms with E-state index in [2.05, 4.69) is 23.8 Å². The lowest BCUT2D eigenvalue weighted by Crippen LogP contribution is -2.21. The Morgan fingerprint density at radius 2 is 1.83 bits per heavy atom. The van der Waals surface area contributed by atoms with E-state index in [9.17, 15) is 8.78 Å². The van der Waals surface area contributed by atoms with Gasteiger partial charge in [0.1, 0.15) is 5.75 Å². The van der Waals surface area contributed by atoms with Crippen molar-refractivity contribution in [2.75, 3.05) is 6.61 Å². The molecule has 0 amide bonds. The van der Waals surface area contributed by atoms with Crippen molar-refractivity contribution in [2.24, 2.45) is 5.92 Å². The molecule has 0 bridgehead atoms. The molecule has 0 unspecified atom stereocenters. The van der Waals surface area contributed by atoms with Gasteiger partial charge in [-0.25, -0.2) is 0 Å². The topological polar surface area (TPSA) is 18.5 Å². The minimum Gasteiger partial charge on any atom is -0.435 e. The van der Waals surface area contributed by atoms with Crippen molar-refractivity contribution in [3.63, 3.8) is 0 Å². The number of ether oxygens (including phenoxy) is 2. The second kappa shape index (κ2) is 9.66. The van der Waals surface area contributed by atoms with Crippen molar-refractivity contribution < 1.29 is 18.3 Å². The summed E-state index contributed by atoms with van der Waals surface area (Å²) in [5.74, 6) is 0.778. The smallest absolute Gasteiger partial charge is 0.387 e. The number of allylic oxidation sites excluding steroid dienone is 1. The Hall–Kier alpha value is -1.42. The number of benzene rings is 1. The molecule has 1 saturated carbocycles. The molecule has 1 aromatic carbocycles. The second-order valence-corrected chi connectivity index (χ2v) is 6.07. The van der Waals surface area contributed by atoms with Crippen LogP contribution in [-0.2, 0) is 4.74 Å². The van der Waals surface area contributed by atoms with Gasteiger partial charge in [0.2, 0.25) is 0 Å². The first kappa shape index (κ1) is 17.9. The molecule has 0 N–H and O–H groups in total. The molecule has 1 aromatic rings. The van der Waals surface area contributed by atoms with Crippen molar-refractivity contribution in [1.82, 2.24) is 0 Å². The molecule has 0 aliphatic heterocycles. The van der Waals surface area contributed by atoms with E-state index in [-0.39, 0.29) is 5.75 Å². The van der Waals surface area contributed by atoms with Gasteiger partial charge in [0.25, 0.3) is 0 Å². The van der Waals surface area contributed by atoms with Crippen LogP contribution in [0, 0.1) is 5.92 Å². The van der Waals surface area contributed by atoms with Crippen LogP contribution in [0.3, 0.4) is 0 Å². The third-order valence-corrected chi connectivity index (χ3v) is 4.24. The van der Waals surface area contributed by atoms with Crippen LogP contribution in [0.5, 0.6) is 5.75 Å². The fourth-order valence-electron chi connectivity index (χ4n) is 2.85. The summed E-state index contributed by atoms with van der Waals surface area (Å²) in [6, 6.07) is 6.75. The predicted molar refractivity (Wildman–Crippen MR) is 88.7 cm³/mol. The maximum Gasteiger partial charge on any atom is 0.387 e. The van der Waals surface area contributed by atoms with Gasteiger partial charge in [-0.15, -0.1) is 0 Å². The van der Waals surface area contributed by atoms with Crippen LogP contribution in [-0.4, -0.2) is 19.3 Å². The van der Waals surface area contributed by atoms with Gasteiger partial charge in [-0.1, -0.05) is 37.6 Å². The number of rotatable bonds is 8. The highest BCUT2D eigenvalue weighted by atomic mass is 19.3. The Morgan fingerprint density at radius 3 is 2.43 bits per heavy atom. The lowest BCUT2D eigenvalue weighted by molar-refractivity contribution is -0.0498. The Bertz CT molecular complexity index is 463. The SMILES string of the molecule is CCCCOC1CCC(C=Cc2ccc(OC(F)F)cc2)CC1. The summed E-state index contributed by atoms with van der Waals surface area (Å²) in [6.45, 7) is 0.289. The third kappa shape index (κ3) is 6.69. The average molecular weight is 324 g/mol. The molecule has 1 fully saturated rings. The number of alkyl halides is 2. The molecule has 23 heavy (non-hydrogen) atoms. The van der Waals surface area contributed by atoms with Gasteiger partial charge in [0.05, 0.1) is 6.10 Å². The van der Waals surface area contributed by atoms with Gasteiger partial charge in [0.15, 0.2) is 0 Å². The van der Waals surface area contributed by atoms with Gasteiger partial charge in [0, 0.05) is 6.61 Å². The summed E-state index contributed by atoms with van der Waals surface area (Å²) in [5, 5.41) is 0. The van der Waals surface area contributed by atoms with E-state index >= 15 is 0 Å². The van der Waals surface area contributed by atoms with E-state index in [4.69, 9.17) is 4.74 Å². The van der Waals surface area contributed by atoms with Gasteiger partial charge >= 0.3 is 6.61 Å². The molecule has 0 saturated heterocycles. The maximum atomic E-state index is 12.1. The fourth-order valence-corrected chi connectivity index (χ4v) is 2.85. The minimum atomic E-state index is -2.77. The van der Waals surface area contributed by atoms with Crippen LogP contribution < -0.4 is 4.74 Å². The molecule has 128 valence electrons. The van der Waals surface area contributed by atoms with Crippen molar-refractivity contribution in [2.45, 2.75) is 58.2 Å². The summed E-state index contributed by atoms with van der Waals surface area (Å²) in [6.07, 6.45) is 11.6. The van der Waals surface area contributed by atoms with Crippen LogP contribution in [0.15, 0.2) is 30.3 Å². The van der Waals surface area contributed by atoms with E-state index in [1.54, 1.807) is 24.3 Å². The highest BCUT2D eigenvalue weighted by Crippen LogP contribution is 2.28. The van der Waals surface area contributed by atoms with Crippen molar-refractivity contribution in [3.05, 3.63) is 35.9 Å². The Kier molecular flexibility index (Phi) is 7.53. The molecule has 2 rings (SSSR count). The molecule has 0 aromatic heterocycles. The second-order valence-electron chi connectivity index (χ2n) is 6.07. The van der Waals surface area contributed by atoms with Gasteiger partial charge in [-0.05, 0) is 55.7 Å². The molecule has 2 nitrogen and oxygen atoms in total. The van der Waals surface area contributed by atoms with Crippen LogP contribution in [0.2, 0.25) is 0 Å². The number of unbranched alkanes of at least 4 members (excludes halogenated alkanes) is 1. The summed E-state index contributed by atoms with van der Waals surface area (Å²) in [4.78, 5) is 0. The summed E-state index contributed by atoms with van der Waals surface area (Å²) >= 11 is 0. The van der Waals surface area contributed by atoms with Crippen molar-refractivity contribution >= 4 is 6.08 Å². The van der Waals surface area contributed by atoms with Gasteiger partial charge in [-0.3, -0.25) is 0 Å². The molecule has 4 heteroatoms. The Morgan fingerprint density at radius 1 is 1.13 bits per heavy atom. The van der Waals surface area contributed by atoms with Gasteiger partial charge < -0.3 is 9.47 Å². The Labute approximate surface area is 137 Å². The third-order valence-electron chi connectivity index (χ3n) is 4.24.